The Hall–Kier alpha value is -1.21. The fraction of sp³-hybridized carbons (Fsp3) is 0.455. The number of esters is 1. The topological polar surface area (TPSA) is 77.5 Å². The fourth-order valence-corrected chi connectivity index (χ4v) is 3.22. The van der Waals surface area contributed by atoms with Crippen molar-refractivity contribution in [2.75, 3.05) is 18.6 Å². The lowest BCUT2D eigenvalue weighted by molar-refractivity contribution is -0.137. The maximum absolute atomic E-state index is 11.6. The molecule has 0 atom stereocenters. The third kappa shape index (κ3) is 4.97. The monoisotopic (exact) mass is 290 g/mol. The van der Waals surface area contributed by atoms with Crippen LogP contribution in [0.25, 0.3) is 0 Å². The number of hydrogen-bond donors (Lipinski definition) is 0. The first-order valence-corrected chi connectivity index (χ1v) is 7.98. The van der Waals surface area contributed by atoms with Gasteiger partial charge >= 0.3 is 5.97 Å². The van der Waals surface area contributed by atoms with E-state index in [2.05, 4.69) is 4.74 Å². The second-order valence-corrected chi connectivity index (χ2v) is 6.80. The number of sulfone groups is 1. The maximum Gasteiger partial charge on any atom is 0.320 e. The third-order valence-corrected chi connectivity index (χ3v) is 4.72. The Bertz CT molecular complexity index is 502. The Kier molecular flexibility index (Phi) is 5.49. The van der Waals surface area contributed by atoms with Crippen LogP contribution < -0.4 is 0 Å². The van der Waals surface area contributed by atoms with Gasteiger partial charge in [-0.15, -0.1) is 11.3 Å². The van der Waals surface area contributed by atoms with Crippen molar-refractivity contribution in [1.29, 1.82) is 0 Å². The van der Waals surface area contributed by atoms with Crippen LogP contribution >= 0.6 is 11.3 Å². The molecule has 0 saturated heterocycles. The number of Topliss-reactive ketones (excluding diaryl/α,β-unsaturated/α-hetero) is 1. The number of ether oxygens (including phenoxy) is 1. The van der Waals surface area contributed by atoms with Gasteiger partial charge in [-0.3, -0.25) is 9.59 Å². The Morgan fingerprint density at radius 3 is 2.67 bits per heavy atom. The van der Waals surface area contributed by atoms with Crippen LogP contribution in [0.4, 0.5) is 0 Å². The molecule has 0 spiro atoms. The lowest BCUT2D eigenvalue weighted by Gasteiger charge is -2.02. The van der Waals surface area contributed by atoms with Gasteiger partial charge in [0.2, 0.25) is 0 Å². The lowest BCUT2D eigenvalue weighted by Crippen LogP contribution is -2.20. The summed E-state index contributed by atoms with van der Waals surface area (Å²) in [5.41, 5.74) is 0. The third-order valence-electron chi connectivity index (χ3n) is 2.22. The van der Waals surface area contributed by atoms with Crippen molar-refractivity contribution >= 4 is 32.9 Å². The second kappa shape index (κ2) is 6.65. The zero-order valence-electron chi connectivity index (χ0n) is 9.92. The number of methoxy groups -OCH3 is 1. The first-order chi connectivity index (χ1) is 8.44. The SMILES string of the molecule is COC(=O)CS(=O)(=O)CCCC(=O)c1cccs1. The number of hydrogen-bond acceptors (Lipinski definition) is 6. The standard InChI is InChI=1S/C11H14O5S2/c1-16-11(13)8-18(14,15)7-3-4-9(12)10-5-2-6-17-10/h2,5-6H,3-4,7-8H2,1H3. The van der Waals surface area contributed by atoms with Gasteiger partial charge in [0, 0.05) is 6.42 Å². The van der Waals surface area contributed by atoms with Gasteiger partial charge in [-0.2, -0.15) is 0 Å². The summed E-state index contributed by atoms with van der Waals surface area (Å²) in [6, 6.07) is 3.47. The lowest BCUT2D eigenvalue weighted by atomic mass is 10.2. The molecule has 1 aromatic heterocycles. The highest BCUT2D eigenvalue weighted by Crippen LogP contribution is 2.12. The van der Waals surface area contributed by atoms with Gasteiger partial charge in [-0.25, -0.2) is 8.42 Å². The number of ketones is 1. The minimum atomic E-state index is -3.48. The molecule has 0 aliphatic carbocycles. The Balaban J connectivity index is 2.37. The fourth-order valence-electron chi connectivity index (χ4n) is 1.32. The summed E-state index contributed by atoms with van der Waals surface area (Å²) in [7, 11) is -2.34. The van der Waals surface area contributed by atoms with Gasteiger partial charge in [-0.1, -0.05) is 6.07 Å². The maximum atomic E-state index is 11.6. The molecular formula is C11H14O5S2. The molecule has 0 saturated carbocycles. The van der Waals surface area contributed by atoms with Gasteiger partial charge in [-0.05, 0) is 17.9 Å². The molecule has 1 heterocycles. The molecule has 0 unspecified atom stereocenters. The van der Waals surface area contributed by atoms with Gasteiger partial charge in [0.25, 0.3) is 0 Å². The summed E-state index contributed by atoms with van der Waals surface area (Å²) < 4.78 is 27.2. The zero-order chi connectivity index (χ0) is 13.6. The van der Waals surface area contributed by atoms with Crippen molar-refractivity contribution < 1.29 is 22.7 Å². The van der Waals surface area contributed by atoms with E-state index in [-0.39, 0.29) is 24.4 Å². The Morgan fingerprint density at radius 1 is 1.39 bits per heavy atom. The molecule has 1 rings (SSSR count). The number of carbonyl (C=O) groups excluding carboxylic acids is 2. The van der Waals surface area contributed by atoms with Gasteiger partial charge in [0.05, 0.1) is 17.7 Å². The van der Waals surface area contributed by atoms with Crippen molar-refractivity contribution in [2.45, 2.75) is 12.8 Å². The molecule has 7 heteroatoms. The normalized spacial score (nSPS) is 11.2. The highest BCUT2D eigenvalue weighted by molar-refractivity contribution is 7.92. The molecule has 0 amide bonds. The number of thiophene rings is 1. The Labute approximate surface area is 110 Å². The van der Waals surface area contributed by atoms with Crippen LogP contribution in [0.15, 0.2) is 17.5 Å². The highest BCUT2D eigenvalue weighted by atomic mass is 32.2. The van der Waals surface area contributed by atoms with Crippen molar-refractivity contribution in [2.24, 2.45) is 0 Å². The molecule has 18 heavy (non-hydrogen) atoms. The van der Waals surface area contributed by atoms with E-state index >= 15 is 0 Å². The van der Waals surface area contributed by atoms with Gasteiger partial charge in [0.15, 0.2) is 15.6 Å². The quantitative estimate of drug-likeness (QED) is 0.558. The number of rotatable bonds is 7. The molecule has 0 aliphatic rings. The molecule has 0 aromatic carbocycles. The van der Waals surface area contributed by atoms with E-state index in [1.807, 2.05) is 0 Å². The summed E-state index contributed by atoms with van der Waals surface area (Å²) >= 11 is 1.33. The minimum Gasteiger partial charge on any atom is -0.468 e. The summed E-state index contributed by atoms with van der Waals surface area (Å²) in [5.74, 6) is -1.66. The van der Waals surface area contributed by atoms with E-state index in [1.165, 1.54) is 11.3 Å². The van der Waals surface area contributed by atoms with Crippen molar-refractivity contribution in [1.82, 2.24) is 0 Å². The molecule has 0 N–H and O–H groups in total. The van der Waals surface area contributed by atoms with Crippen LogP contribution in [0.3, 0.4) is 0 Å². The zero-order valence-corrected chi connectivity index (χ0v) is 11.6. The Morgan fingerprint density at radius 2 is 2.11 bits per heavy atom. The van der Waals surface area contributed by atoms with E-state index in [0.717, 1.165) is 7.11 Å². The van der Waals surface area contributed by atoms with E-state index in [9.17, 15) is 18.0 Å². The van der Waals surface area contributed by atoms with Crippen LogP contribution in [0.1, 0.15) is 22.5 Å². The number of carbonyl (C=O) groups is 2. The molecule has 100 valence electrons. The van der Waals surface area contributed by atoms with Crippen molar-refractivity contribution in [3.05, 3.63) is 22.4 Å². The molecule has 0 radical (unpaired) electrons. The summed E-state index contributed by atoms with van der Waals surface area (Å²) in [4.78, 5) is 23.1. The van der Waals surface area contributed by atoms with E-state index in [1.54, 1.807) is 17.5 Å². The minimum absolute atomic E-state index is 0.0710. The van der Waals surface area contributed by atoms with Crippen LogP contribution in [0.5, 0.6) is 0 Å². The average Bonchev–Trinajstić information content (AvgIpc) is 2.81. The van der Waals surface area contributed by atoms with Gasteiger partial charge in [0.1, 0.15) is 5.75 Å². The summed E-state index contributed by atoms with van der Waals surface area (Å²) in [6.07, 6.45) is 0.386. The molecule has 5 nitrogen and oxygen atoms in total. The second-order valence-electron chi connectivity index (χ2n) is 3.67. The van der Waals surface area contributed by atoms with Crippen LogP contribution in [-0.2, 0) is 19.4 Å². The molecule has 0 fully saturated rings. The van der Waals surface area contributed by atoms with Crippen LogP contribution in [0, 0.1) is 0 Å². The summed E-state index contributed by atoms with van der Waals surface area (Å²) in [6.45, 7) is 0. The molecule has 0 aliphatic heterocycles. The average molecular weight is 290 g/mol. The van der Waals surface area contributed by atoms with E-state index < -0.39 is 21.6 Å². The van der Waals surface area contributed by atoms with Gasteiger partial charge < -0.3 is 4.74 Å². The van der Waals surface area contributed by atoms with E-state index in [4.69, 9.17) is 0 Å². The van der Waals surface area contributed by atoms with Crippen molar-refractivity contribution in [3.63, 3.8) is 0 Å². The molecule has 1 aromatic rings. The smallest absolute Gasteiger partial charge is 0.320 e. The van der Waals surface area contributed by atoms with Crippen molar-refractivity contribution in [3.8, 4) is 0 Å². The van der Waals surface area contributed by atoms with E-state index in [0.29, 0.717) is 4.88 Å². The predicted octanol–water partition coefficient (Wildman–Crippen LogP) is 1.30. The first kappa shape index (κ1) is 14.8. The highest BCUT2D eigenvalue weighted by Gasteiger charge is 2.17. The molecule has 0 bridgehead atoms. The first-order valence-electron chi connectivity index (χ1n) is 5.28. The van der Waals surface area contributed by atoms with Crippen LogP contribution in [0.2, 0.25) is 0 Å². The largest absolute Gasteiger partial charge is 0.468 e. The van der Waals surface area contributed by atoms with Crippen LogP contribution in [-0.4, -0.2) is 38.8 Å². The molecular weight excluding hydrogens is 276 g/mol. The summed E-state index contributed by atoms with van der Waals surface area (Å²) in [5, 5.41) is 1.79. The predicted molar refractivity (Wildman–Crippen MR) is 68.6 cm³/mol.